The number of aromatic nitrogens is 1. The Balaban J connectivity index is 2.01. The molecule has 0 bridgehead atoms. The number of thiazole rings is 1. The van der Waals surface area contributed by atoms with Crippen LogP contribution in [0.2, 0.25) is 5.02 Å². The molecule has 0 atom stereocenters. The second-order valence-electron chi connectivity index (χ2n) is 5.13. The van der Waals surface area contributed by atoms with Crippen LogP contribution in [0, 0.1) is 0 Å². The number of ketones is 1. The Labute approximate surface area is 140 Å². The van der Waals surface area contributed by atoms with Gasteiger partial charge in [0.1, 0.15) is 4.83 Å². The molecule has 4 rings (SSSR count). The topological polar surface area (TPSA) is 38.5 Å². The number of benzene rings is 2. The van der Waals surface area contributed by atoms with E-state index in [1.54, 1.807) is 34.7 Å². The monoisotopic (exact) mass is 339 g/mol. The van der Waals surface area contributed by atoms with Crippen LogP contribution in [-0.2, 0) is 0 Å². The van der Waals surface area contributed by atoms with Gasteiger partial charge in [-0.05, 0) is 42.5 Å². The molecule has 5 heteroatoms. The minimum absolute atomic E-state index is 0.120. The van der Waals surface area contributed by atoms with Crippen LogP contribution in [0.3, 0.4) is 0 Å². The largest absolute Gasteiger partial charge is 0.288 e. The van der Waals surface area contributed by atoms with E-state index in [9.17, 15) is 9.59 Å². The Bertz CT molecular complexity index is 1110. The van der Waals surface area contributed by atoms with Crippen molar-refractivity contribution in [3.05, 3.63) is 87.2 Å². The van der Waals surface area contributed by atoms with E-state index in [-0.39, 0.29) is 11.3 Å². The van der Waals surface area contributed by atoms with E-state index < -0.39 is 0 Å². The Morgan fingerprint density at radius 1 is 0.957 bits per heavy atom. The summed E-state index contributed by atoms with van der Waals surface area (Å²) in [6.45, 7) is 0. The molecule has 0 unspecified atom stereocenters. The standard InChI is InChI=1S/C18H10ClNO2S/c19-12-7-5-11(6-8-12)17(22)13-9-10-16(21)20-14-3-1-2-4-15(14)23-18(13)20/h1-10H. The fourth-order valence-electron chi connectivity index (χ4n) is 2.61. The summed E-state index contributed by atoms with van der Waals surface area (Å²) in [5.41, 5.74) is 1.76. The SMILES string of the molecule is O=C(c1ccc(Cl)cc1)c1ccc(=O)n2c1sc1ccccc12. The number of hydrogen-bond acceptors (Lipinski definition) is 3. The molecule has 2 aromatic carbocycles. The molecule has 3 nitrogen and oxygen atoms in total. The van der Waals surface area contributed by atoms with E-state index in [2.05, 4.69) is 0 Å². The third kappa shape index (κ3) is 2.27. The number of rotatable bonds is 2. The van der Waals surface area contributed by atoms with Crippen LogP contribution < -0.4 is 5.56 Å². The van der Waals surface area contributed by atoms with Crippen LogP contribution in [0.4, 0.5) is 0 Å². The van der Waals surface area contributed by atoms with Gasteiger partial charge in [0, 0.05) is 16.7 Å². The third-order valence-corrected chi connectivity index (χ3v) is 5.12. The highest BCUT2D eigenvalue weighted by atomic mass is 35.5. The average molecular weight is 340 g/mol. The van der Waals surface area contributed by atoms with Gasteiger partial charge in [-0.2, -0.15) is 0 Å². The molecular formula is C18H10ClNO2S. The zero-order chi connectivity index (χ0) is 16.0. The molecule has 0 N–H and O–H groups in total. The molecular weight excluding hydrogens is 330 g/mol. The fourth-order valence-corrected chi connectivity index (χ4v) is 3.91. The minimum Gasteiger partial charge on any atom is -0.288 e. The van der Waals surface area contributed by atoms with Gasteiger partial charge in [0.05, 0.1) is 15.8 Å². The number of fused-ring (bicyclic) bond motifs is 3. The quantitative estimate of drug-likeness (QED) is 0.508. The molecule has 0 radical (unpaired) electrons. The highest BCUT2D eigenvalue weighted by Crippen LogP contribution is 2.28. The van der Waals surface area contributed by atoms with Crippen LogP contribution in [-0.4, -0.2) is 10.2 Å². The van der Waals surface area contributed by atoms with Gasteiger partial charge in [0.2, 0.25) is 0 Å². The lowest BCUT2D eigenvalue weighted by atomic mass is 10.1. The highest BCUT2D eigenvalue weighted by molar-refractivity contribution is 7.24. The number of carbonyl (C=O) groups is 1. The fraction of sp³-hybridized carbons (Fsp3) is 0. The third-order valence-electron chi connectivity index (χ3n) is 3.71. The minimum atomic E-state index is -0.134. The molecule has 0 aliphatic heterocycles. The van der Waals surface area contributed by atoms with Crippen molar-refractivity contribution in [2.75, 3.05) is 0 Å². The van der Waals surface area contributed by atoms with Gasteiger partial charge in [0.25, 0.3) is 5.56 Å². The molecule has 23 heavy (non-hydrogen) atoms. The van der Waals surface area contributed by atoms with Gasteiger partial charge < -0.3 is 0 Å². The van der Waals surface area contributed by atoms with E-state index >= 15 is 0 Å². The van der Waals surface area contributed by atoms with Crippen molar-refractivity contribution in [1.82, 2.24) is 4.40 Å². The maximum absolute atomic E-state index is 12.8. The first-order valence-electron chi connectivity index (χ1n) is 6.99. The molecule has 0 spiro atoms. The van der Waals surface area contributed by atoms with Crippen LogP contribution in [0.1, 0.15) is 15.9 Å². The van der Waals surface area contributed by atoms with Gasteiger partial charge in [0.15, 0.2) is 5.78 Å². The Hall–Kier alpha value is -2.43. The number of carbonyl (C=O) groups excluding carboxylic acids is 1. The summed E-state index contributed by atoms with van der Waals surface area (Å²) >= 11 is 7.32. The highest BCUT2D eigenvalue weighted by Gasteiger charge is 2.17. The van der Waals surface area contributed by atoms with Crippen molar-refractivity contribution < 1.29 is 4.79 Å². The van der Waals surface area contributed by atoms with Crippen molar-refractivity contribution in [3.8, 4) is 0 Å². The lowest BCUT2D eigenvalue weighted by Gasteiger charge is -2.03. The molecule has 0 aliphatic carbocycles. The summed E-state index contributed by atoms with van der Waals surface area (Å²) in [6, 6.07) is 17.4. The van der Waals surface area contributed by atoms with Crippen LogP contribution in [0.25, 0.3) is 15.0 Å². The molecule has 0 saturated carbocycles. The van der Waals surface area contributed by atoms with Gasteiger partial charge in [-0.3, -0.25) is 14.0 Å². The summed E-state index contributed by atoms with van der Waals surface area (Å²) < 4.78 is 2.57. The molecule has 0 aliphatic rings. The van der Waals surface area contributed by atoms with Crippen molar-refractivity contribution in [1.29, 1.82) is 0 Å². The predicted molar refractivity (Wildman–Crippen MR) is 93.9 cm³/mol. The second-order valence-corrected chi connectivity index (χ2v) is 6.60. The molecule has 2 aromatic heterocycles. The first-order chi connectivity index (χ1) is 11.1. The maximum atomic E-state index is 12.8. The number of pyridine rings is 1. The molecule has 112 valence electrons. The summed E-state index contributed by atoms with van der Waals surface area (Å²) in [6.07, 6.45) is 0. The number of nitrogens with zero attached hydrogens (tertiary/aromatic N) is 1. The van der Waals surface area contributed by atoms with Gasteiger partial charge in [-0.15, -0.1) is 11.3 Å². The van der Waals surface area contributed by atoms with E-state index in [0.29, 0.717) is 21.0 Å². The average Bonchev–Trinajstić information content (AvgIpc) is 2.95. The molecule has 0 saturated heterocycles. The summed E-state index contributed by atoms with van der Waals surface area (Å²) in [4.78, 5) is 25.7. The molecule has 2 heterocycles. The first kappa shape index (κ1) is 14.2. The maximum Gasteiger partial charge on any atom is 0.256 e. The molecule has 0 fully saturated rings. The van der Waals surface area contributed by atoms with Gasteiger partial charge in [-0.1, -0.05) is 23.7 Å². The van der Waals surface area contributed by atoms with Gasteiger partial charge in [-0.25, -0.2) is 0 Å². The zero-order valence-electron chi connectivity index (χ0n) is 11.8. The lowest BCUT2D eigenvalue weighted by Crippen LogP contribution is -2.13. The van der Waals surface area contributed by atoms with E-state index in [0.717, 1.165) is 10.2 Å². The zero-order valence-corrected chi connectivity index (χ0v) is 13.4. The predicted octanol–water partition coefficient (Wildman–Crippen LogP) is 4.40. The van der Waals surface area contributed by atoms with Crippen molar-refractivity contribution in [3.63, 3.8) is 0 Å². The summed E-state index contributed by atoms with van der Waals surface area (Å²) in [7, 11) is 0. The Morgan fingerprint density at radius 3 is 2.48 bits per heavy atom. The van der Waals surface area contributed by atoms with Crippen molar-refractivity contribution in [2.45, 2.75) is 0 Å². The molecule has 0 amide bonds. The van der Waals surface area contributed by atoms with Crippen molar-refractivity contribution in [2.24, 2.45) is 0 Å². The van der Waals surface area contributed by atoms with Crippen LogP contribution in [0.15, 0.2) is 65.5 Å². The van der Waals surface area contributed by atoms with Crippen molar-refractivity contribution >= 4 is 43.8 Å². The van der Waals surface area contributed by atoms with E-state index in [1.807, 2.05) is 24.3 Å². The Kier molecular flexibility index (Phi) is 3.29. The number of hydrogen-bond donors (Lipinski definition) is 0. The summed E-state index contributed by atoms with van der Waals surface area (Å²) in [5, 5.41) is 0.581. The molecule has 4 aromatic rings. The van der Waals surface area contributed by atoms with Crippen LogP contribution in [0.5, 0.6) is 0 Å². The summed E-state index contributed by atoms with van der Waals surface area (Å²) in [5.74, 6) is -0.120. The first-order valence-corrected chi connectivity index (χ1v) is 8.18. The Morgan fingerprint density at radius 2 is 1.70 bits per heavy atom. The lowest BCUT2D eigenvalue weighted by molar-refractivity contribution is 0.104. The van der Waals surface area contributed by atoms with E-state index in [4.69, 9.17) is 11.6 Å². The van der Waals surface area contributed by atoms with Gasteiger partial charge >= 0.3 is 0 Å². The normalized spacial score (nSPS) is 11.2. The number of halogens is 1. The second kappa shape index (κ2) is 5.33. The van der Waals surface area contributed by atoms with Crippen LogP contribution >= 0.6 is 22.9 Å². The number of para-hydroxylation sites is 1. The van der Waals surface area contributed by atoms with E-state index in [1.165, 1.54) is 17.4 Å². The smallest absolute Gasteiger partial charge is 0.256 e.